The Morgan fingerprint density at radius 1 is 1.50 bits per heavy atom. The van der Waals surface area contributed by atoms with E-state index in [0.29, 0.717) is 18.8 Å². The summed E-state index contributed by atoms with van der Waals surface area (Å²) >= 11 is 0. The summed E-state index contributed by atoms with van der Waals surface area (Å²) in [6, 6.07) is -0.131. The zero-order valence-corrected chi connectivity index (χ0v) is 9.57. The van der Waals surface area contributed by atoms with Crippen molar-refractivity contribution >= 4 is 11.7 Å². The van der Waals surface area contributed by atoms with Crippen molar-refractivity contribution in [3.63, 3.8) is 0 Å². The number of nitrogens with two attached hydrogens (primary N) is 1. The third-order valence-corrected chi connectivity index (χ3v) is 2.10. The summed E-state index contributed by atoms with van der Waals surface area (Å²) in [6.45, 7) is 3.97. The summed E-state index contributed by atoms with van der Waals surface area (Å²) in [6.07, 6.45) is 5.40. The van der Waals surface area contributed by atoms with Crippen LogP contribution in [0.15, 0.2) is 12.4 Å². The van der Waals surface area contributed by atoms with Crippen LogP contribution in [0.25, 0.3) is 0 Å². The Hall–Kier alpha value is -1.72. The molecule has 1 heterocycles. The van der Waals surface area contributed by atoms with E-state index in [-0.39, 0.29) is 6.03 Å². The van der Waals surface area contributed by atoms with Gasteiger partial charge in [0.05, 0.1) is 18.4 Å². The lowest BCUT2D eigenvalue weighted by Gasteiger charge is -2.06. The minimum absolute atomic E-state index is 0.131. The minimum atomic E-state index is -0.131. The number of carbonyl (C=O) groups is 1. The fraction of sp³-hybridized carbons (Fsp3) is 0.600. The van der Waals surface area contributed by atoms with E-state index in [1.807, 2.05) is 0 Å². The first-order valence-corrected chi connectivity index (χ1v) is 5.52. The highest BCUT2D eigenvalue weighted by atomic mass is 16.2. The van der Waals surface area contributed by atoms with Crippen LogP contribution < -0.4 is 16.4 Å². The SMILES string of the molecule is CCCCNC(=O)NCCn1cc(N)cn1. The summed E-state index contributed by atoms with van der Waals surface area (Å²) in [7, 11) is 0. The Bertz CT molecular complexity index is 323. The lowest BCUT2D eigenvalue weighted by atomic mass is 10.3. The number of hydrogen-bond donors (Lipinski definition) is 3. The maximum atomic E-state index is 11.2. The summed E-state index contributed by atoms with van der Waals surface area (Å²) in [5, 5.41) is 9.53. The number of unbranched alkanes of at least 4 members (excludes halogenated alkanes) is 1. The van der Waals surface area contributed by atoms with Gasteiger partial charge in [-0.15, -0.1) is 0 Å². The average molecular weight is 225 g/mol. The van der Waals surface area contributed by atoms with Gasteiger partial charge in [-0.2, -0.15) is 5.10 Å². The molecule has 1 rings (SSSR count). The van der Waals surface area contributed by atoms with Crippen LogP contribution in [0.1, 0.15) is 19.8 Å². The highest BCUT2D eigenvalue weighted by Crippen LogP contribution is 1.96. The molecule has 0 saturated carbocycles. The quantitative estimate of drug-likeness (QED) is 0.618. The molecule has 0 saturated heterocycles. The first-order valence-electron chi connectivity index (χ1n) is 5.52. The van der Waals surface area contributed by atoms with Crippen molar-refractivity contribution in [2.75, 3.05) is 18.8 Å². The van der Waals surface area contributed by atoms with Crippen molar-refractivity contribution in [3.8, 4) is 0 Å². The molecule has 0 fully saturated rings. The predicted octanol–water partition coefficient (Wildman–Crippen LogP) is 0.565. The number of aromatic nitrogens is 2. The third-order valence-electron chi connectivity index (χ3n) is 2.10. The third kappa shape index (κ3) is 4.68. The zero-order valence-electron chi connectivity index (χ0n) is 9.57. The Kier molecular flexibility index (Phi) is 5.18. The van der Waals surface area contributed by atoms with Gasteiger partial charge in [-0.25, -0.2) is 4.79 Å². The van der Waals surface area contributed by atoms with Gasteiger partial charge in [-0.3, -0.25) is 4.68 Å². The molecule has 6 nitrogen and oxygen atoms in total. The van der Waals surface area contributed by atoms with Crippen LogP contribution in [0, 0.1) is 0 Å². The van der Waals surface area contributed by atoms with Crippen molar-refractivity contribution in [2.24, 2.45) is 0 Å². The van der Waals surface area contributed by atoms with Gasteiger partial charge in [0.15, 0.2) is 0 Å². The number of rotatable bonds is 6. The standard InChI is InChI=1S/C10H19N5O/c1-2-3-4-12-10(16)13-5-6-15-8-9(11)7-14-15/h7-8H,2-6,11H2,1H3,(H2,12,13,16). The molecule has 0 spiro atoms. The van der Waals surface area contributed by atoms with Crippen LogP contribution in [-0.4, -0.2) is 28.9 Å². The van der Waals surface area contributed by atoms with Crippen molar-refractivity contribution < 1.29 is 4.79 Å². The molecule has 1 aromatic heterocycles. The van der Waals surface area contributed by atoms with Gasteiger partial charge in [0.25, 0.3) is 0 Å². The van der Waals surface area contributed by atoms with Gasteiger partial charge in [0.2, 0.25) is 0 Å². The van der Waals surface area contributed by atoms with Crippen LogP contribution in [0.3, 0.4) is 0 Å². The molecule has 0 aliphatic heterocycles. The number of nitrogens with one attached hydrogen (secondary N) is 2. The van der Waals surface area contributed by atoms with Crippen LogP contribution in [0.2, 0.25) is 0 Å². The van der Waals surface area contributed by atoms with E-state index >= 15 is 0 Å². The Labute approximate surface area is 95.2 Å². The number of nitrogen functional groups attached to an aromatic ring is 1. The molecule has 0 unspecified atom stereocenters. The Morgan fingerprint density at radius 2 is 2.25 bits per heavy atom. The summed E-state index contributed by atoms with van der Waals surface area (Å²) in [5.41, 5.74) is 6.14. The first-order chi connectivity index (χ1) is 7.72. The van der Waals surface area contributed by atoms with E-state index in [1.165, 1.54) is 0 Å². The molecule has 0 aliphatic rings. The van der Waals surface area contributed by atoms with Gasteiger partial charge in [-0.05, 0) is 6.42 Å². The molecule has 1 aromatic rings. The number of carbonyl (C=O) groups excluding carboxylic acids is 1. The highest BCUT2D eigenvalue weighted by Gasteiger charge is 1.98. The zero-order chi connectivity index (χ0) is 11.8. The Morgan fingerprint density at radius 3 is 2.88 bits per heavy atom. The lowest BCUT2D eigenvalue weighted by Crippen LogP contribution is -2.37. The van der Waals surface area contributed by atoms with Crippen molar-refractivity contribution in [2.45, 2.75) is 26.3 Å². The van der Waals surface area contributed by atoms with Gasteiger partial charge in [-0.1, -0.05) is 13.3 Å². The molecule has 90 valence electrons. The monoisotopic (exact) mass is 225 g/mol. The number of anilines is 1. The van der Waals surface area contributed by atoms with Gasteiger partial charge in [0.1, 0.15) is 0 Å². The van der Waals surface area contributed by atoms with Crippen molar-refractivity contribution in [1.29, 1.82) is 0 Å². The van der Waals surface area contributed by atoms with E-state index in [9.17, 15) is 4.79 Å². The van der Waals surface area contributed by atoms with E-state index in [4.69, 9.17) is 5.73 Å². The largest absolute Gasteiger partial charge is 0.396 e. The minimum Gasteiger partial charge on any atom is -0.396 e. The van der Waals surface area contributed by atoms with E-state index in [2.05, 4.69) is 22.7 Å². The molecule has 0 aliphatic carbocycles. The summed E-state index contributed by atoms with van der Waals surface area (Å²) in [4.78, 5) is 11.2. The first kappa shape index (κ1) is 12.4. The van der Waals surface area contributed by atoms with Crippen LogP contribution >= 0.6 is 0 Å². The maximum Gasteiger partial charge on any atom is 0.314 e. The number of hydrogen-bond acceptors (Lipinski definition) is 3. The van der Waals surface area contributed by atoms with Crippen LogP contribution in [0.4, 0.5) is 10.5 Å². The van der Waals surface area contributed by atoms with E-state index in [0.717, 1.165) is 19.4 Å². The molecule has 16 heavy (non-hydrogen) atoms. The maximum absolute atomic E-state index is 11.2. The number of urea groups is 1. The second-order valence-electron chi connectivity index (χ2n) is 3.57. The summed E-state index contributed by atoms with van der Waals surface area (Å²) < 4.78 is 1.70. The fourth-order valence-electron chi connectivity index (χ4n) is 1.23. The molecule has 6 heteroatoms. The van der Waals surface area contributed by atoms with Gasteiger partial charge < -0.3 is 16.4 Å². The second-order valence-corrected chi connectivity index (χ2v) is 3.57. The lowest BCUT2D eigenvalue weighted by molar-refractivity contribution is 0.240. The normalized spacial score (nSPS) is 10.1. The van der Waals surface area contributed by atoms with Gasteiger partial charge >= 0.3 is 6.03 Å². The van der Waals surface area contributed by atoms with Crippen LogP contribution in [0.5, 0.6) is 0 Å². The smallest absolute Gasteiger partial charge is 0.314 e. The second kappa shape index (κ2) is 6.71. The molecular formula is C10H19N5O. The number of nitrogens with zero attached hydrogens (tertiary/aromatic N) is 2. The van der Waals surface area contributed by atoms with Crippen LogP contribution in [-0.2, 0) is 6.54 Å². The predicted molar refractivity (Wildman–Crippen MR) is 62.9 cm³/mol. The summed E-state index contributed by atoms with van der Waals surface area (Å²) in [5.74, 6) is 0. The average Bonchev–Trinajstić information content (AvgIpc) is 2.65. The van der Waals surface area contributed by atoms with E-state index in [1.54, 1.807) is 17.1 Å². The topological polar surface area (TPSA) is 85.0 Å². The Balaban J connectivity index is 2.08. The molecule has 0 radical (unpaired) electrons. The fourth-order valence-corrected chi connectivity index (χ4v) is 1.23. The number of amides is 2. The molecular weight excluding hydrogens is 206 g/mol. The van der Waals surface area contributed by atoms with E-state index < -0.39 is 0 Å². The van der Waals surface area contributed by atoms with Gasteiger partial charge in [0, 0.05) is 19.3 Å². The highest BCUT2D eigenvalue weighted by molar-refractivity contribution is 5.73. The van der Waals surface area contributed by atoms with Crippen molar-refractivity contribution in [3.05, 3.63) is 12.4 Å². The molecule has 0 bridgehead atoms. The molecule has 0 atom stereocenters. The van der Waals surface area contributed by atoms with Crippen molar-refractivity contribution in [1.82, 2.24) is 20.4 Å². The molecule has 4 N–H and O–H groups in total. The molecule has 0 aromatic carbocycles. The molecule has 2 amide bonds.